The van der Waals surface area contributed by atoms with Gasteiger partial charge in [0.05, 0.1) is 0 Å². The molecule has 2 rings (SSSR count). The lowest BCUT2D eigenvalue weighted by Crippen LogP contribution is -2.32. The van der Waals surface area contributed by atoms with E-state index >= 15 is 0 Å². The van der Waals surface area contributed by atoms with Crippen molar-refractivity contribution in [3.8, 4) is 5.75 Å². The van der Waals surface area contributed by atoms with Gasteiger partial charge >= 0.3 is 0 Å². The van der Waals surface area contributed by atoms with E-state index in [4.69, 9.17) is 4.74 Å². The molecule has 0 spiro atoms. The second-order valence-corrected chi connectivity index (χ2v) is 5.95. The predicted molar refractivity (Wildman–Crippen MR) is 71.6 cm³/mol. The summed E-state index contributed by atoms with van der Waals surface area (Å²) >= 11 is 0. The van der Waals surface area contributed by atoms with Crippen LogP contribution in [0, 0.1) is 12.3 Å². The van der Waals surface area contributed by atoms with Crippen LogP contribution >= 0.6 is 0 Å². The molecule has 2 heteroatoms. The molecule has 1 atom stereocenters. The standard InChI is InChI=1S/C15H23NO/c1-11-5-6-14-12(7-11)8-13(17-14)9-15(2,3)10-16-4/h5-7,13,16H,8-10H2,1-4H3. The minimum atomic E-state index is 0.288. The van der Waals surface area contributed by atoms with Crippen LogP contribution in [0.15, 0.2) is 18.2 Å². The molecule has 17 heavy (non-hydrogen) atoms. The Morgan fingerprint density at radius 3 is 2.88 bits per heavy atom. The van der Waals surface area contributed by atoms with Crippen LogP contribution in [-0.4, -0.2) is 19.7 Å². The molecule has 1 N–H and O–H groups in total. The fraction of sp³-hybridized carbons (Fsp3) is 0.600. The van der Waals surface area contributed by atoms with Gasteiger partial charge in [0.2, 0.25) is 0 Å². The highest BCUT2D eigenvalue weighted by atomic mass is 16.5. The minimum Gasteiger partial charge on any atom is -0.490 e. The van der Waals surface area contributed by atoms with E-state index in [2.05, 4.69) is 44.3 Å². The summed E-state index contributed by atoms with van der Waals surface area (Å²) in [5, 5.41) is 3.26. The molecular formula is C15H23NO. The second-order valence-electron chi connectivity index (χ2n) is 5.95. The lowest BCUT2D eigenvalue weighted by atomic mass is 9.85. The monoisotopic (exact) mass is 233 g/mol. The lowest BCUT2D eigenvalue weighted by molar-refractivity contribution is 0.156. The van der Waals surface area contributed by atoms with Crippen LogP contribution in [0.4, 0.5) is 0 Å². The van der Waals surface area contributed by atoms with Crippen LogP contribution < -0.4 is 10.1 Å². The first kappa shape index (κ1) is 12.4. The third-order valence-electron chi connectivity index (χ3n) is 3.39. The molecule has 0 aliphatic carbocycles. The first-order chi connectivity index (χ1) is 8.00. The van der Waals surface area contributed by atoms with Gasteiger partial charge in [-0.25, -0.2) is 0 Å². The van der Waals surface area contributed by atoms with Gasteiger partial charge < -0.3 is 10.1 Å². The van der Waals surface area contributed by atoms with Crippen molar-refractivity contribution >= 4 is 0 Å². The molecule has 0 saturated heterocycles. The number of rotatable bonds is 4. The van der Waals surface area contributed by atoms with Gasteiger partial charge in [-0.3, -0.25) is 0 Å². The van der Waals surface area contributed by atoms with Crippen LogP contribution in [0.25, 0.3) is 0 Å². The number of aryl methyl sites for hydroxylation is 1. The smallest absolute Gasteiger partial charge is 0.123 e. The average Bonchev–Trinajstić information content (AvgIpc) is 2.57. The maximum absolute atomic E-state index is 6.02. The van der Waals surface area contributed by atoms with Crippen molar-refractivity contribution < 1.29 is 4.74 Å². The molecule has 1 aromatic carbocycles. The van der Waals surface area contributed by atoms with Crippen LogP contribution in [0.3, 0.4) is 0 Å². The molecule has 0 amide bonds. The zero-order valence-corrected chi connectivity index (χ0v) is 11.3. The van der Waals surface area contributed by atoms with E-state index in [-0.39, 0.29) is 5.41 Å². The van der Waals surface area contributed by atoms with Gasteiger partial charge in [0.25, 0.3) is 0 Å². The highest BCUT2D eigenvalue weighted by Gasteiger charge is 2.29. The highest BCUT2D eigenvalue weighted by Crippen LogP contribution is 2.34. The van der Waals surface area contributed by atoms with Gasteiger partial charge in [0.15, 0.2) is 0 Å². The van der Waals surface area contributed by atoms with Gasteiger partial charge in [0.1, 0.15) is 11.9 Å². The number of hydrogen-bond acceptors (Lipinski definition) is 2. The molecule has 1 heterocycles. The molecule has 1 unspecified atom stereocenters. The van der Waals surface area contributed by atoms with Crippen molar-refractivity contribution in [1.82, 2.24) is 5.32 Å². The summed E-state index contributed by atoms with van der Waals surface area (Å²) in [6, 6.07) is 6.48. The topological polar surface area (TPSA) is 21.3 Å². The molecule has 0 bridgehead atoms. The third-order valence-corrected chi connectivity index (χ3v) is 3.39. The number of fused-ring (bicyclic) bond motifs is 1. The van der Waals surface area contributed by atoms with E-state index in [1.54, 1.807) is 0 Å². The van der Waals surface area contributed by atoms with Crippen molar-refractivity contribution in [1.29, 1.82) is 0 Å². The number of benzene rings is 1. The van der Waals surface area contributed by atoms with Crippen molar-refractivity contribution in [3.63, 3.8) is 0 Å². The van der Waals surface area contributed by atoms with Crippen LogP contribution in [0.5, 0.6) is 5.75 Å². The van der Waals surface area contributed by atoms with E-state index in [1.807, 2.05) is 7.05 Å². The molecule has 1 aliphatic rings. The quantitative estimate of drug-likeness (QED) is 0.863. The van der Waals surface area contributed by atoms with E-state index in [9.17, 15) is 0 Å². The van der Waals surface area contributed by atoms with Crippen molar-refractivity contribution in [3.05, 3.63) is 29.3 Å². The average molecular weight is 233 g/mol. The Labute approximate surface area is 104 Å². The highest BCUT2D eigenvalue weighted by molar-refractivity contribution is 5.40. The zero-order valence-electron chi connectivity index (χ0n) is 11.3. The summed E-state index contributed by atoms with van der Waals surface area (Å²) in [7, 11) is 2.01. The first-order valence-corrected chi connectivity index (χ1v) is 6.41. The number of nitrogens with one attached hydrogen (secondary N) is 1. The summed E-state index contributed by atoms with van der Waals surface area (Å²) in [5.41, 5.74) is 2.98. The molecule has 1 aliphatic heterocycles. The van der Waals surface area contributed by atoms with E-state index in [1.165, 1.54) is 11.1 Å². The van der Waals surface area contributed by atoms with E-state index in [0.717, 1.165) is 25.1 Å². The van der Waals surface area contributed by atoms with Crippen LogP contribution in [-0.2, 0) is 6.42 Å². The zero-order chi connectivity index (χ0) is 12.5. The minimum absolute atomic E-state index is 0.288. The Morgan fingerprint density at radius 1 is 1.41 bits per heavy atom. The molecule has 94 valence electrons. The maximum atomic E-state index is 6.02. The van der Waals surface area contributed by atoms with Crippen molar-refractivity contribution in [2.24, 2.45) is 5.41 Å². The fourth-order valence-corrected chi connectivity index (χ4v) is 2.73. The Morgan fingerprint density at radius 2 is 2.18 bits per heavy atom. The third kappa shape index (κ3) is 3.01. The van der Waals surface area contributed by atoms with Gasteiger partial charge in [-0.15, -0.1) is 0 Å². The Bertz CT molecular complexity index is 398. The molecule has 1 aromatic rings. The normalized spacial score (nSPS) is 18.9. The molecular weight excluding hydrogens is 210 g/mol. The molecule has 0 aromatic heterocycles. The van der Waals surface area contributed by atoms with Crippen molar-refractivity contribution in [2.45, 2.75) is 39.7 Å². The summed E-state index contributed by atoms with van der Waals surface area (Å²) in [6.45, 7) is 7.75. The second kappa shape index (κ2) is 4.69. The van der Waals surface area contributed by atoms with E-state index < -0.39 is 0 Å². The summed E-state index contributed by atoms with van der Waals surface area (Å²) < 4.78 is 6.02. The van der Waals surface area contributed by atoms with Gasteiger partial charge in [0, 0.05) is 13.0 Å². The first-order valence-electron chi connectivity index (χ1n) is 6.41. The molecule has 0 saturated carbocycles. The fourth-order valence-electron chi connectivity index (χ4n) is 2.73. The summed E-state index contributed by atoms with van der Waals surface area (Å²) in [4.78, 5) is 0. The van der Waals surface area contributed by atoms with Gasteiger partial charge in [-0.05, 0) is 37.4 Å². The molecule has 2 nitrogen and oxygen atoms in total. The largest absolute Gasteiger partial charge is 0.490 e. The van der Waals surface area contributed by atoms with Gasteiger partial charge in [-0.2, -0.15) is 0 Å². The molecule has 0 fully saturated rings. The SMILES string of the molecule is CNCC(C)(C)CC1Cc2cc(C)ccc2O1. The number of ether oxygens (including phenoxy) is 1. The van der Waals surface area contributed by atoms with E-state index in [0.29, 0.717) is 6.10 Å². The molecule has 0 radical (unpaired) electrons. The Hall–Kier alpha value is -1.02. The predicted octanol–water partition coefficient (Wildman–Crippen LogP) is 2.93. The van der Waals surface area contributed by atoms with Crippen molar-refractivity contribution in [2.75, 3.05) is 13.6 Å². The number of hydrogen-bond donors (Lipinski definition) is 1. The van der Waals surface area contributed by atoms with Gasteiger partial charge in [-0.1, -0.05) is 31.5 Å². The summed E-state index contributed by atoms with van der Waals surface area (Å²) in [5.74, 6) is 1.08. The van der Waals surface area contributed by atoms with Crippen LogP contribution in [0.1, 0.15) is 31.4 Å². The van der Waals surface area contributed by atoms with Crippen LogP contribution in [0.2, 0.25) is 0 Å². The Balaban J connectivity index is 2.01. The maximum Gasteiger partial charge on any atom is 0.123 e. The lowest BCUT2D eigenvalue weighted by Gasteiger charge is -2.27. The Kier molecular flexibility index (Phi) is 3.43. The summed E-state index contributed by atoms with van der Waals surface area (Å²) in [6.07, 6.45) is 2.50.